The average molecular weight is 441 g/mol. The maximum atomic E-state index is 13.0. The molecule has 2 aliphatic heterocycles. The van der Waals surface area contributed by atoms with Crippen LogP contribution in [0.5, 0.6) is 0 Å². The number of amides is 1. The second kappa shape index (κ2) is 12.0. The van der Waals surface area contributed by atoms with Crippen molar-refractivity contribution in [2.75, 3.05) is 37.6 Å². The lowest BCUT2D eigenvalue weighted by Gasteiger charge is -2.39. The molecule has 178 valence electrons. The molecule has 3 aliphatic rings. The van der Waals surface area contributed by atoms with Crippen LogP contribution in [0.3, 0.4) is 0 Å². The summed E-state index contributed by atoms with van der Waals surface area (Å²) in [5.41, 5.74) is 0.700. The third-order valence-electron chi connectivity index (χ3n) is 7.98. The van der Waals surface area contributed by atoms with Gasteiger partial charge in [0.2, 0.25) is 0 Å². The summed E-state index contributed by atoms with van der Waals surface area (Å²) in [5, 5.41) is 3.40. The first kappa shape index (κ1) is 23.5. The van der Waals surface area contributed by atoms with Gasteiger partial charge in [0.25, 0.3) is 5.91 Å². The van der Waals surface area contributed by atoms with Crippen LogP contribution < -0.4 is 10.2 Å². The van der Waals surface area contributed by atoms with Crippen molar-refractivity contribution in [3.8, 4) is 0 Å². The lowest BCUT2D eigenvalue weighted by molar-refractivity contribution is 0.0852. The van der Waals surface area contributed by atoms with E-state index in [4.69, 9.17) is 0 Å². The van der Waals surface area contributed by atoms with E-state index in [1.54, 1.807) is 6.20 Å². The van der Waals surface area contributed by atoms with Gasteiger partial charge in [-0.3, -0.25) is 4.79 Å². The van der Waals surface area contributed by atoms with Gasteiger partial charge in [0.1, 0.15) is 5.82 Å². The predicted octanol–water partition coefficient (Wildman–Crippen LogP) is 5.26. The molecule has 1 aliphatic carbocycles. The molecule has 3 fully saturated rings. The van der Waals surface area contributed by atoms with Gasteiger partial charge in [0.05, 0.1) is 5.56 Å². The molecule has 0 radical (unpaired) electrons. The minimum Gasteiger partial charge on any atom is -0.357 e. The van der Waals surface area contributed by atoms with Gasteiger partial charge in [0.15, 0.2) is 0 Å². The van der Waals surface area contributed by atoms with E-state index in [0.29, 0.717) is 17.5 Å². The van der Waals surface area contributed by atoms with Gasteiger partial charge in [0, 0.05) is 38.4 Å². The summed E-state index contributed by atoms with van der Waals surface area (Å²) in [6, 6.07) is 4.28. The minimum absolute atomic E-state index is 0.0541. The third-order valence-corrected chi connectivity index (χ3v) is 7.98. The van der Waals surface area contributed by atoms with Crippen molar-refractivity contribution in [2.45, 2.75) is 90.0 Å². The zero-order valence-electron chi connectivity index (χ0n) is 20.2. The quantitative estimate of drug-likeness (QED) is 0.532. The van der Waals surface area contributed by atoms with Gasteiger partial charge in [-0.25, -0.2) is 4.98 Å². The summed E-state index contributed by atoms with van der Waals surface area (Å²) < 4.78 is 0. The topological polar surface area (TPSA) is 48.5 Å². The van der Waals surface area contributed by atoms with Crippen LogP contribution in [0.25, 0.3) is 0 Å². The van der Waals surface area contributed by atoms with Crippen molar-refractivity contribution in [3.63, 3.8) is 0 Å². The number of unbranched alkanes of at least 4 members (excludes halogenated alkanes) is 2. The number of nitrogens with one attached hydrogen (secondary N) is 1. The summed E-state index contributed by atoms with van der Waals surface area (Å²) in [7, 11) is 0. The highest BCUT2D eigenvalue weighted by molar-refractivity contribution is 5.94. The fraction of sp³-hybridized carbons (Fsp3) is 0.778. The second-order valence-corrected chi connectivity index (χ2v) is 10.5. The van der Waals surface area contributed by atoms with Crippen LogP contribution >= 0.6 is 0 Å². The molecule has 1 aromatic heterocycles. The van der Waals surface area contributed by atoms with Gasteiger partial charge < -0.3 is 15.1 Å². The Kier molecular flexibility index (Phi) is 8.84. The molecule has 1 aromatic rings. The van der Waals surface area contributed by atoms with E-state index in [0.717, 1.165) is 37.8 Å². The standard InChI is InChI=1S/C27H44N4O/c1-2-3-4-10-22-11-9-16-30(20-22)21-24-12-5-6-13-25(24)29-27(32)23-14-15-26(28-19-23)31-17-7-8-18-31/h14-15,19,22,24-25H,2-13,16-18,20-21H2,1H3,(H,29,32). The van der Waals surface area contributed by atoms with Crippen LogP contribution in [-0.2, 0) is 0 Å². The zero-order valence-corrected chi connectivity index (χ0v) is 20.2. The van der Waals surface area contributed by atoms with E-state index in [1.165, 1.54) is 83.7 Å². The highest BCUT2D eigenvalue weighted by Gasteiger charge is 2.30. The van der Waals surface area contributed by atoms with E-state index in [1.807, 2.05) is 12.1 Å². The Morgan fingerprint density at radius 3 is 2.66 bits per heavy atom. The Balaban J connectivity index is 1.29. The van der Waals surface area contributed by atoms with Crippen molar-refractivity contribution >= 4 is 11.7 Å². The molecule has 3 heterocycles. The number of anilines is 1. The van der Waals surface area contributed by atoms with Crippen molar-refractivity contribution in [2.24, 2.45) is 11.8 Å². The maximum absolute atomic E-state index is 13.0. The summed E-state index contributed by atoms with van der Waals surface area (Å²) in [6.45, 7) is 8.12. The van der Waals surface area contributed by atoms with Crippen LogP contribution in [0.4, 0.5) is 5.82 Å². The van der Waals surface area contributed by atoms with Crippen molar-refractivity contribution in [1.82, 2.24) is 15.2 Å². The molecule has 3 unspecified atom stereocenters. The van der Waals surface area contributed by atoms with Gasteiger partial charge in [-0.15, -0.1) is 0 Å². The Morgan fingerprint density at radius 1 is 1.03 bits per heavy atom. The van der Waals surface area contributed by atoms with Gasteiger partial charge >= 0.3 is 0 Å². The fourth-order valence-electron chi connectivity index (χ4n) is 6.09. The van der Waals surface area contributed by atoms with Gasteiger partial charge in [-0.1, -0.05) is 39.0 Å². The molecule has 5 nitrogen and oxygen atoms in total. The SMILES string of the molecule is CCCCCC1CCCN(CC2CCCCC2NC(=O)c2ccc(N3CCCC3)nc2)C1. The van der Waals surface area contributed by atoms with Crippen LogP contribution in [0, 0.1) is 11.8 Å². The zero-order chi connectivity index (χ0) is 22.2. The first-order valence-electron chi connectivity index (χ1n) is 13.5. The van der Waals surface area contributed by atoms with Gasteiger partial charge in [-0.2, -0.15) is 0 Å². The number of carbonyl (C=O) groups is 1. The number of piperidine rings is 1. The van der Waals surface area contributed by atoms with Crippen molar-refractivity contribution in [1.29, 1.82) is 0 Å². The summed E-state index contributed by atoms with van der Waals surface area (Å²) >= 11 is 0. The number of likely N-dealkylation sites (tertiary alicyclic amines) is 1. The summed E-state index contributed by atoms with van der Waals surface area (Å²) in [6.07, 6.45) is 17.4. The summed E-state index contributed by atoms with van der Waals surface area (Å²) in [5.74, 6) is 2.53. The molecule has 32 heavy (non-hydrogen) atoms. The molecule has 0 bridgehead atoms. The third kappa shape index (κ3) is 6.46. The van der Waals surface area contributed by atoms with E-state index in [9.17, 15) is 4.79 Å². The molecule has 0 aromatic carbocycles. The molecular weight excluding hydrogens is 396 g/mol. The highest BCUT2D eigenvalue weighted by atomic mass is 16.1. The number of aromatic nitrogens is 1. The fourth-order valence-corrected chi connectivity index (χ4v) is 6.09. The molecule has 2 saturated heterocycles. The van der Waals surface area contributed by atoms with Crippen molar-refractivity contribution in [3.05, 3.63) is 23.9 Å². The summed E-state index contributed by atoms with van der Waals surface area (Å²) in [4.78, 5) is 22.6. The molecule has 1 N–H and O–H groups in total. The van der Waals surface area contributed by atoms with Crippen molar-refractivity contribution < 1.29 is 4.79 Å². The normalized spacial score (nSPS) is 26.9. The number of pyridine rings is 1. The molecular formula is C27H44N4O. The predicted molar refractivity (Wildman–Crippen MR) is 132 cm³/mol. The molecule has 1 saturated carbocycles. The van der Waals surface area contributed by atoms with Crippen LogP contribution in [0.2, 0.25) is 0 Å². The largest absolute Gasteiger partial charge is 0.357 e. The molecule has 4 rings (SSSR count). The number of hydrogen-bond donors (Lipinski definition) is 1. The maximum Gasteiger partial charge on any atom is 0.253 e. The Morgan fingerprint density at radius 2 is 1.88 bits per heavy atom. The molecule has 3 atom stereocenters. The lowest BCUT2D eigenvalue weighted by atomic mass is 9.83. The number of nitrogens with zero attached hydrogens (tertiary/aromatic N) is 3. The molecule has 1 amide bonds. The molecule has 0 spiro atoms. The van der Waals surface area contributed by atoms with E-state index >= 15 is 0 Å². The second-order valence-electron chi connectivity index (χ2n) is 10.5. The Hall–Kier alpha value is -1.62. The average Bonchev–Trinajstić information content (AvgIpc) is 3.36. The van der Waals surface area contributed by atoms with Gasteiger partial charge in [-0.05, 0) is 75.5 Å². The molecule has 5 heteroatoms. The smallest absolute Gasteiger partial charge is 0.253 e. The first-order chi connectivity index (χ1) is 15.7. The van der Waals surface area contributed by atoms with E-state index in [-0.39, 0.29) is 5.91 Å². The highest BCUT2D eigenvalue weighted by Crippen LogP contribution is 2.29. The lowest BCUT2D eigenvalue weighted by Crippen LogP contribution is -2.48. The van der Waals surface area contributed by atoms with E-state index < -0.39 is 0 Å². The number of rotatable bonds is 9. The minimum atomic E-state index is 0.0541. The van der Waals surface area contributed by atoms with Crippen LogP contribution in [0.1, 0.15) is 94.3 Å². The van der Waals surface area contributed by atoms with Crippen LogP contribution in [0.15, 0.2) is 18.3 Å². The Bertz CT molecular complexity index is 700. The number of carbonyl (C=O) groups excluding carboxylic acids is 1. The van der Waals surface area contributed by atoms with Crippen LogP contribution in [-0.4, -0.2) is 54.6 Å². The van der Waals surface area contributed by atoms with E-state index in [2.05, 4.69) is 27.0 Å². The monoisotopic (exact) mass is 440 g/mol. The number of hydrogen-bond acceptors (Lipinski definition) is 4. The Labute approximate surface area is 195 Å². The first-order valence-corrected chi connectivity index (χ1v) is 13.5.